The average Bonchev–Trinajstić information content (AvgIpc) is 2.53. The van der Waals surface area contributed by atoms with Crippen molar-refractivity contribution in [3.63, 3.8) is 0 Å². The van der Waals surface area contributed by atoms with Gasteiger partial charge in [-0.25, -0.2) is 0 Å². The van der Waals surface area contributed by atoms with Crippen LogP contribution in [-0.2, 0) is 0 Å². The molecule has 2 atom stereocenters. The molecule has 1 N–H and O–H groups in total. The van der Waals surface area contributed by atoms with Crippen molar-refractivity contribution in [1.82, 2.24) is 10.2 Å². The molecule has 0 spiro atoms. The fourth-order valence-electron chi connectivity index (χ4n) is 3.37. The minimum atomic E-state index is 0.132. The quantitative estimate of drug-likeness (QED) is 0.895. The predicted octanol–water partition coefficient (Wildman–Crippen LogP) is 1.91. The number of carbonyl (C=O) groups excluding carboxylic acids is 1. The molecule has 0 aliphatic carbocycles. The molecule has 2 saturated heterocycles. The topological polar surface area (TPSA) is 41.6 Å². The van der Waals surface area contributed by atoms with Crippen molar-refractivity contribution in [1.29, 1.82) is 0 Å². The molecule has 1 amide bonds. The molecule has 4 heteroatoms. The second-order valence-electron chi connectivity index (χ2n) is 5.73. The Morgan fingerprint density at radius 3 is 3.15 bits per heavy atom. The highest BCUT2D eigenvalue weighted by Gasteiger charge is 2.33. The largest absolute Gasteiger partial charge is 0.497 e. The van der Waals surface area contributed by atoms with Gasteiger partial charge in [0.15, 0.2) is 0 Å². The van der Waals surface area contributed by atoms with Crippen molar-refractivity contribution in [3.05, 3.63) is 29.8 Å². The number of likely N-dealkylation sites (tertiary alicyclic amines) is 1. The number of carbonyl (C=O) groups is 1. The number of ether oxygens (including phenoxy) is 1. The summed E-state index contributed by atoms with van der Waals surface area (Å²) in [5, 5.41) is 3.58. The molecule has 0 saturated carbocycles. The molecule has 1 aromatic carbocycles. The Morgan fingerprint density at radius 2 is 2.30 bits per heavy atom. The lowest BCUT2D eigenvalue weighted by molar-refractivity contribution is 0.0592. The maximum Gasteiger partial charge on any atom is 0.253 e. The summed E-state index contributed by atoms with van der Waals surface area (Å²) >= 11 is 0. The van der Waals surface area contributed by atoms with Gasteiger partial charge in [0, 0.05) is 24.7 Å². The molecule has 1 aromatic rings. The van der Waals surface area contributed by atoms with E-state index in [1.165, 1.54) is 12.8 Å². The standard InChI is InChI=1S/C16H22N2O2/c1-20-14-6-2-4-12(10-14)16(19)18-9-7-15-13(11-18)5-3-8-17-15/h2,4,6,10,13,15,17H,3,5,7-9,11H2,1H3/t13-,15-/m1/s1. The van der Waals surface area contributed by atoms with Crippen molar-refractivity contribution < 1.29 is 9.53 Å². The summed E-state index contributed by atoms with van der Waals surface area (Å²) < 4.78 is 5.20. The zero-order valence-electron chi connectivity index (χ0n) is 12.0. The van der Waals surface area contributed by atoms with E-state index in [4.69, 9.17) is 4.74 Å². The lowest BCUT2D eigenvalue weighted by Crippen LogP contribution is -2.53. The van der Waals surface area contributed by atoms with Gasteiger partial charge in [0.1, 0.15) is 5.75 Å². The summed E-state index contributed by atoms with van der Waals surface area (Å²) in [6.07, 6.45) is 3.53. The zero-order valence-corrected chi connectivity index (χ0v) is 12.0. The second-order valence-corrected chi connectivity index (χ2v) is 5.73. The van der Waals surface area contributed by atoms with Gasteiger partial charge in [-0.1, -0.05) is 6.07 Å². The highest BCUT2D eigenvalue weighted by molar-refractivity contribution is 5.94. The molecule has 0 unspecified atom stereocenters. The van der Waals surface area contributed by atoms with Crippen molar-refractivity contribution in [2.24, 2.45) is 5.92 Å². The smallest absolute Gasteiger partial charge is 0.253 e. The molecule has 2 aliphatic rings. The fraction of sp³-hybridized carbons (Fsp3) is 0.562. The van der Waals surface area contributed by atoms with Crippen LogP contribution in [0.1, 0.15) is 29.6 Å². The van der Waals surface area contributed by atoms with Gasteiger partial charge in [-0.05, 0) is 49.9 Å². The Balaban J connectivity index is 1.70. The third kappa shape index (κ3) is 2.66. The Kier molecular flexibility index (Phi) is 3.92. The third-order valence-electron chi connectivity index (χ3n) is 4.50. The van der Waals surface area contributed by atoms with E-state index in [9.17, 15) is 4.79 Å². The van der Waals surface area contributed by atoms with Crippen LogP contribution in [-0.4, -0.2) is 43.6 Å². The summed E-state index contributed by atoms with van der Waals surface area (Å²) in [7, 11) is 1.63. The molecule has 4 nitrogen and oxygen atoms in total. The van der Waals surface area contributed by atoms with Crippen LogP contribution >= 0.6 is 0 Å². The van der Waals surface area contributed by atoms with Crippen molar-refractivity contribution >= 4 is 5.91 Å². The minimum absolute atomic E-state index is 0.132. The van der Waals surface area contributed by atoms with Gasteiger partial charge in [-0.3, -0.25) is 4.79 Å². The number of hydrogen-bond acceptors (Lipinski definition) is 3. The summed E-state index contributed by atoms with van der Waals surface area (Å²) in [4.78, 5) is 14.6. The number of hydrogen-bond donors (Lipinski definition) is 1. The number of fused-ring (bicyclic) bond motifs is 1. The fourth-order valence-corrected chi connectivity index (χ4v) is 3.37. The molecular formula is C16H22N2O2. The van der Waals surface area contributed by atoms with E-state index in [2.05, 4.69) is 5.32 Å². The van der Waals surface area contributed by atoms with E-state index < -0.39 is 0 Å². The first-order valence-electron chi connectivity index (χ1n) is 7.44. The molecule has 3 rings (SSSR count). The molecule has 2 fully saturated rings. The highest BCUT2D eigenvalue weighted by atomic mass is 16.5. The monoisotopic (exact) mass is 274 g/mol. The summed E-state index contributed by atoms with van der Waals surface area (Å²) in [6, 6.07) is 8.05. The zero-order chi connectivity index (χ0) is 13.9. The first kappa shape index (κ1) is 13.4. The number of nitrogens with zero attached hydrogens (tertiary/aromatic N) is 1. The van der Waals surface area contributed by atoms with Crippen LogP contribution in [0.5, 0.6) is 5.75 Å². The average molecular weight is 274 g/mol. The highest BCUT2D eigenvalue weighted by Crippen LogP contribution is 2.26. The SMILES string of the molecule is COc1cccc(C(=O)N2CC[C@H]3NCCC[C@@H]3C2)c1. The lowest BCUT2D eigenvalue weighted by atomic mass is 9.85. The van der Waals surface area contributed by atoms with Crippen LogP contribution < -0.4 is 10.1 Å². The molecular weight excluding hydrogens is 252 g/mol. The summed E-state index contributed by atoms with van der Waals surface area (Å²) in [6.45, 7) is 2.86. The maximum absolute atomic E-state index is 12.6. The molecule has 108 valence electrons. The van der Waals surface area contributed by atoms with Gasteiger partial charge < -0.3 is 15.0 Å². The maximum atomic E-state index is 12.6. The molecule has 0 bridgehead atoms. The molecule has 20 heavy (non-hydrogen) atoms. The van der Waals surface area contributed by atoms with Crippen LogP contribution in [0.4, 0.5) is 0 Å². The molecule has 0 aromatic heterocycles. The number of piperidine rings is 2. The van der Waals surface area contributed by atoms with Gasteiger partial charge >= 0.3 is 0 Å². The molecule has 2 heterocycles. The van der Waals surface area contributed by atoms with Crippen molar-refractivity contribution in [3.8, 4) is 5.75 Å². The van der Waals surface area contributed by atoms with Crippen molar-refractivity contribution in [2.45, 2.75) is 25.3 Å². The Hall–Kier alpha value is -1.55. The van der Waals surface area contributed by atoms with Crippen molar-refractivity contribution in [2.75, 3.05) is 26.7 Å². The normalized spacial score (nSPS) is 25.9. The summed E-state index contributed by atoms with van der Waals surface area (Å²) in [5.41, 5.74) is 0.728. The van der Waals surface area contributed by atoms with Crippen LogP contribution in [0, 0.1) is 5.92 Å². The first-order chi connectivity index (χ1) is 9.78. The van der Waals surface area contributed by atoms with E-state index in [-0.39, 0.29) is 5.91 Å². The van der Waals surface area contributed by atoms with Gasteiger partial charge in [-0.2, -0.15) is 0 Å². The number of methoxy groups -OCH3 is 1. The third-order valence-corrected chi connectivity index (χ3v) is 4.50. The second kappa shape index (κ2) is 5.83. The van der Waals surface area contributed by atoms with E-state index in [1.807, 2.05) is 29.2 Å². The van der Waals surface area contributed by atoms with Crippen LogP contribution in [0.3, 0.4) is 0 Å². The first-order valence-corrected chi connectivity index (χ1v) is 7.44. The van der Waals surface area contributed by atoms with E-state index >= 15 is 0 Å². The van der Waals surface area contributed by atoms with Gasteiger partial charge in [0.05, 0.1) is 7.11 Å². The number of benzene rings is 1. The van der Waals surface area contributed by atoms with E-state index in [0.717, 1.165) is 37.4 Å². The van der Waals surface area contributed by atoms with E-state index in [0.29, 0.717) is 12.0 Å². The number of rotatable bonds is 2. The molecule has 0 radical (unpaired) electrons. The van der Waals surface area contributed by atoms with Gasteiger partial charge in [0.2, 0.25) is 0 Å². The Labute approximate surface area is 120 Å². The van der Waals surface area contributed by atoms with E-state index in [1.54, 1.807) is 7.11 Å². The predicted molar refractivity (Wildman–Crippen MR) is 78.0 cm³/mol. The summed E-state index contributed by atoms with van der Waals surface area (Å²) in [5.74, 6) is 1.49. The Bertz CT molecular complexity index is 489. The minimum Gasteiger partial charge on any atom is -0.497 e. The van der Waals surface area contributed by atoms with Crippen LogP contribution in [0.2, 0.25) is 0 Å². The number of amides is 1. The van der Waals surface area contributed by atoms with Gasteiger partial charge in [-0.15, -0.1) is 0 Å². The number of nitrogens with one attached hydrogen (secondary N) is 1. The lowest BCUT2D eigenvalue weighted by Gasteiger charge is -2.41. The van der Waals surface area contributed by atoms with Crippen LogP contribution in [0.25, 0.3) is 0 Å². The Morgan fingerprint density at radius 1 is 1.40 bits per heavy atom. The van der Waals surface area contributed by atoms with Gasteiger partial charge in [0.25, 0.3) is 5.91 Å². The molecule has 2 aliphatic heterocycles. The van der Waals surface area contributed by atoms with Crippen LogP contribution in [0.15, 0.2) is 24.3 Å².